The second-order valence-electron chi connectivity index (χ2n) is 7.14. The molecule has 4 nitrogen and oxygen atoms in total. The predicted molar refractivity (Wildman–Crippen MR) is 100 cm³/mol. The fraction of sp³-hybridized carbons (Fsp3) is 0.905. The van der Waals surface area contributed by atoms with Crippen LogP contribution in [-0.2, 0) is 14.3 Å². The maximum atomic E-state index is 11.3. The number of carbonyl (C=O) groups excluding carboxylic acids is 2. The van der Waals surface area contributed by atoms with Crippen molar-refractivity contribution in [1.29, 1.82) is 0 Å². The molecule has 0 spiro atoms. The van der Waals surface area contributed by atoms with Gasteiger partial charge >= 0.3 is 35.5 Å². The van der Waals surface area contributed by atoms with E-state index in [0.29, 0.717) is 0 Å². The quantitative estimate of drug-likeness (QED) is 0.168. The summed E-state index contributed by atoms with van der Waals surface area (Å²) in [4.78, 5) is 22.3. The monoisotopic (exact) mass is 378 g/mol. The fourth-order valence-electron chi connectivity index (χ4n) is 2.89. The Morgan fingerprint density at radius 2 is 1.08 bits per heavy atom. The average molecular weight is 379 g/mol. The van der Waals surface area contributed by atoms with E-state index < -0.39 is 18.0 Å². The first kappa shape index (κ1) is 28.3. The van der Waals surface area contributed by atoms with Gasteiger partial charge in [-0.15, -0.1) is 0 Å². The van der Waals surface area contributed by atoms with E-state index in [9.17, 15) is 14.7 Å². The molecule has 0 aromatic heterocycles. The van der Waals surface area contributed by atoms with Crippen LogP contribution in [0, 0.1) is 0 Å². The predicted octanol–water partition coefficient (Wildman–Crippen LogP) is 2.07. The zero-order chi connectivity index (χ0) is 18.8. The molecule has 5 heteroatoms. The number of esters is 2. The summed E-state index contributed by atoms with van der Waals surface area (Å²) in [5.41, 5.74) is 0. The van der Waals surface area contributed by atoms with Crippen LogP contribution in [0.25, 0.3) is 0 Å². The Balaban J connectivity index is 0. The standard InChI is InChI=1S/C21H39O4.Na/c1-3-4-5-6-7-8-9-10-11-12-13-14-15-16-17-18-20(23)25-21(24)19(2)22;/h19H,3-18H2,1-2H3;/q-1;+1. The Bertz CT molecular complexity index is 332. The van der Waals surface area contributed by atoms with Crippen LogP contribution in [-0.4, -0.2) is 18.0 Å². The molecule has 0 fully saturated rings. The number of ether oxygens (including phenoxy) is 1. The Hall–Kier alpha value is 0.1000. The van der Waals surface area contributed by atoms with Crippen molar-refractivity contribution in [2.24, 2.45) is 0 Å². The Kier molecular flexibility index (Phi) is 23.3. The van der Waals surface area contributed by atoms with Gasteiger partial charge in [-0.05, 0) is 12.5 Å². The van der Waals surface area contributed by atoms with Crippen LogP contribution in [0.1, 0.15) is 117 Å². The molecule has 0 saturated carbocycles. The van der Waals surface area contributed by atoms with Gasteiger partial charge in [0.1, 0.15) is 0 Å². The largest absolute Gasteiger partial charge is 1.00 e. The van der Waals surface area contributed by atoms with Crippen LogP contribution >= 0.6 is 0 Å². The van der Waals surface area contributed by atoms with Gasteiger partial charge in [-0.25, -0.2) is 0 Å². The SMILES string of the molecule is CCCCCCCCCCCCCCCCCC(=O)OC(=O)C(C)[O-].[Na+]. The topological polar surface area (TPSA) is 66.4 Å². The summed E-state index contributed by atoms with van der Waals surface area (Å²) < 4.78 is 4.44. The van der Waals surface area contributed by atoms with E-state index in [0.717, 1.165) is 19.3 Å². The summed E-state index contributed by atoms with van der Waals surface area (Å²) in [7, 11) is 0. The van der Waals surface area contributed by atoms with Gasteiger partial charge in [-0.2, -0.15) is 0 Å². The number of hydrogen-bond acceptors (Lipinski definition) is 4. The van der Waals surface area contributed by atoms with Crippen LogP contribution in [0.4, 0.5) is 0 Å². The molecular formula is C21H39NaO4. The molecule has 0 saturated heterocycles. The minimum absolute atomic E-state index is 0. The summed E-state index contributed by atoms with van der Waals surface area (Å²) >= 11 is 0. The third kappa shape index (κ3) is 20.4. The van der Waals surface area contributed by atoms with Gasteiger partial charge in [0.25, 0.3) is 5.97 Å². The summed E-state index contributed by atoms with van der Waals surface area (Å²) in [6.45, 7) is 3.44. The van der Waals surface area contributed by atoms with Crippen molar-refractivity contribution in [3.63, 3.8) is 0 Å². The minimum Gasteiger partial charge on any atom is -0.844 e. The molecule has 0 amide bonds. The molecule has 0 aromatic carbocycles. The smallest absolute Gasteiger partial charge is 0.844 e. The van der Waals surface area contributed by atoms with Crippen molar-refractivity contribution in [1.82, 2.24) is 0 Å². The minimum atomic E-state index is -1.48. The van der Waals surface area contributed by atoms with E-state index >= 15 is 0 Å². The molecule has 0 radical (unpaired) electrons. The normalized spacial score (nSPS) is 11.7. The first-order valence-electron chi connectivity index (χ1n) is 10.5. The van der Waals surface area contributed by atoms with Crippen LogP contribution in [0.15, 0.2) is 0 Å². The summed E-state index contributed by atoms with van der Waals surface area (Å²) in [5, 5.41) is 10.7. The van der Waals surface area contributed by atoms with Gasteiger partial charge in [0, 0.05) is 6.42 Å². The molecule has 0 aliphatic rings. The zero-order valence-corrected chi connectivity index (χ0v) is 19.5. The number of hydrogen-bond donors (Lipinski definition) is 0. The average Bonchev–Trinajstić information content (AvgIpc) is 2.58. The number of rotatable bonds is 17. The van der Waals surface area contributed by atoms with Gasteiger partial charge in [0.05, 0.1) is 0 Å². The molecule has 0 heterocycles. The van der Waals surface area contributed by atoms with E-state index in [4.69, 9.17) is 0 Å². The van der Waals surface area contributed by atoms with Crippen molar-refractivity contribution in [3.8, 4) is 0 Å². The van der Waals surface area contributed by atoms with E-state index in [1.165, 1.54) is 84.0 Å². The van der Waals surface area contributed by atoms with Gasteiger partial charge in [0.2, 0.25) is 0 Å². The first-order chi connectivity index (χ1) is 12.1. The van der Waals surface area contributed by atoms with Gasteiger partial charge in [0.15, 0.2) is 0 Å². The van der Waals surface area contributed by atoms with Crippen molar-refractivity contribution in [2.45, 2.75) is 123 Å². The van der Waals surface area contributed by atoms with Gasteiger partial charge < -0.3 is 9.84 Å². The van der Waals surface area contributed by atoms with Crippen LogP contribution < -0.4 is 34.7 Å². The summed E-state index contributed by atoms with van der Waals surface area (Å²) in [5.74, 6) is -1.53. The molecule has 0 aromatic rings. The maximum Gasteiger partial charge on any atom is 1.00 e. The second kappa shape index (κ2) is 21.4. The molecule has 0 bridgehead atoms. The molecule has 0 rings (SSSR count). The van der Waals surface area contributed by atoms with Crippen LogP contribution in [0.2, 0.25) is 0 Å². The molecule has 26 heavy (non-hydrogen) atoms. The fourth-order valence-corrected chi connectivity index (χ4v) is 2.89. The molecule has 0 aliphatic carbocycles. The molecule has 148 valence electrons. The Morgan fingerprint density at radius 1 is 0.731 bits per heavy atom. The molecule has 1 atom stereocenters. The third-order valence-corrected chi connectivity index (χ3v) is 4.53. The van der Waals surface area contributed by atoms with Crippen LogP contribution in [0.5, 0.6) is 0 Å². The van der Waals surface area contributed by atoms with Crippen LogP contribution in [0.3, 0.4) is 0 Å². The zero-order valence-electron chi connectivity index (χ0n) is 17.5. The van der Waals surface area contributed by atoms with E-state index in [2.05, 4.69) is 11.7 Å². The second-order valence-corrected chi connectivity index (χ2v) is 7.14. The number of carbonyl (C=O) groups is 2. The van der Waals surface area contributed by atoms with E-state index in [-0.39, 0.29) is 36.0 Å². The number of unbranched alkanes of at least 4 members (excludes halogenated alkanes) is 14. The first-order valence-corrected chi connectivity index (χ1v) is 10.5. The van der Waals surface area contributed by atoms with Gasteiger partial charge in [-0.1, -0.05) is 104 Å². The maximum absolute atomic E-state index is 11.3. The van der Waals surface area contributed by atoms with Crippen molar-refractivity contribution >= 4 is 11.9 Å². The molecule has 0 N–H and O–H groups in total. The van der Waals surface area contributed by atoms with E-state index in [1.54, 1.807) is 0 Å². The Morgan fingerprint density at radius 3 is 1.42 bits per heavy atom. The van der Waals surface area contributed by atoms with Crippen molar-refractivity contribution in [3.05, 3.63) is 0 Å². The van der Waals surface area contributed by atoms with Crippen molar-refractivity contribution in [2.75, 3.05) is 0 Å². The Labute approximate surface area is 183 Å². The van der Waals surface area contributed by atoms with E-state index in [1.807, 2.05) is 0 Å². The summed E-state index contributed by atoms with van der Waals surface area (Å²) in [6, 6.07) is 0. The molecule has 1 unspecified atom stereocenters. The molecule has 0 aliphatic heterocycles. The third-order valence-electron chi connectivity index (χ3n) is 4.53. The summed E-state index contributed by atoms with van der Waals surface area (Å²) in [6.07, 6.45) is 17.8. The van der Waals surface area contributed by atoms with Crippen molar-refractivity contribution < 1.29 is 49.0 Å². The molecular weight excluding hydrogens is 339 g/mol. The van der Waals surface area contributed by atoms with Gasteiger partial charge in [-0.3, -0.25) is 9.59 Å².